The quantitative estimate of drug-likeness (QED) is 0.661. The average Bonchev–Trinajstić information content (AvgIpc) is 2.29. The normalized spacial score (nSPS) is 11.7. The fourth-order valence-corrected chi connectivity index (χ4v) is 3.05. The first-order valence-corrected chi connectivity index (χ1v) is 6.91. The average molecular weight is 275 g/mol. The minimum absolute atomic E-state index is 0.139. The molecule has 0 saturated carbocycles. The molecule has 2 N–H and O–H groups in total. The minimum atomic E-state index is -3.53. The van der Waals surface area contributed by atoms with Gasteiger partial charge in [0, 0.05) is 13.1 Å². The lowest BCUT2D eigenvalue weighted by atomic mass is 10.3. The predicted molar refractivity (Wildman–Crippen MR) is 70.5 cm³/mol. The van der Waals surface area contributed by atoms with Crippen molar-refractivity contribution in [3.8, 4) is 0 Å². The van der Waals surface area contributed by atoms with E-state index in [9.17, 15) is 8.42 Å². The first-order valence-electron chi connectivity index (χ1n) is 5.09. The molecule has 0 saturated heterocycles. The molecule has 0 heterocycles. The smallest absolute Gasteiger partial charge is 0.243 e. The molecule has 0 atom stereocenters. The van der Waals surface area contributed by atoms with Crippen molar-refractivity contribution in [1.29, 1.82) is 0 Å². The summed E-state index contributed by atoms with van der Waals surface area (Å²) in [5, 5.41) is 0.237. The topological polar surface area (TPSA) is 63.4 Å². The highest BCUT2D eigenvalue weighted by Gasteiger charge is 2.22. The molecule has 0 aliphatic rings. The predicted octanol–water partition coefficient (Wildman–Crippen LogP) is 2.12. The standard InChI is InChI=1S/C11H15ClN2O2S/c1-3-7-14(4-2)17(15,16)9-5-6-11(13)10(12)8-9/h3,5-6,8H,1,4,7,13H2,2H3. The second-order valence-corrected chi connectivity index (χ2v) is 5.77. The maximum atomic E-state index is 12.2. The summed E-state index contributed by atoms with van der Waals surface area (Å²) in [4.78, 5) is 0.139. The lowest BCUT2D eigenvalue weighted by molar-refractivity contribution is 0.460. The lowest BCUT2D eigenvalue weighted by Gasteiger charge is -2.18. The van der Waals surface area contributed by atoms with Crippen LogP contribution in [0.25, 0.3) is 0 Å². The van der Waals surface area contributed by atoms with E-state index in [0.29, 0.717) is 12.2 Å². The summed E-state index contributed by atoms with van der Waals surface area (Å²) in [6.45, 7) is 5.94. The molecule has 0 aromatic heterocycles. The molecule has 0 unspecified atom stereocenters. The second-order valence-electron chi connectivity index (χ2n) is 3.43. The van der Waals surface area contributed by atoms with Crippen molar-refractivity contribution in [3.63, 3.8) is 0 Å². The maximum absolute atomic E-state index is 12.2. The Morgan fingerprint density at radius 3 is 2.65 bits per heavy atom. The van der Waals surface area contributed by atoms with Crippen LogP contribution in [0.5, 0.6) is 0 Å². The highest BCUT2D eigenvalue weighted by molar-refractivity contribution is 7.89. The SMILES string of the molecule is C=CCN(CC)S(=O)(=O)c1ccc(N)c(Cl)c1. The van der Waals surface area contributed by atoms with E-state index in [1.807, 2.05) is 0 Å². The van der Waals surface area contributed by atoms with Gasteiger partial charge in [0.25, 0.3) is 0 Å². The van der Waals surface area contributed by atoms with E-state index in [4.69, 9.17) is 17.3 Å². The molecule has 0 fully saturated rings. The van der Waals surface area contributed by atoms with Gasteiger partial charge < -0.3 is 5.73 Å². The van der Waals surface area contributed by atoms with E-state index in [2.05, 4.69) is 6.58 Å². The Hall–Kier alpha value is -1.04. The number of sulfonamides is 1. The van der Waals surface area contributed by atoms with Gasteiger partial charge in [-0.1, -0.05) is 24.6 Å². The molecular weight excluding hydrogens is 260 g/mol. The Morgan fingerprint density at radius 2 is 2.18 bits per heavy atom. The first kappa shape index (κ1) is 14.0. The zero-order chi connectivity index (χ0) is 13.1. The second kappa shape index (κ2) is 5.53. The molecule has 0 aliphatic carbocycles. The van der Waals surface area contributed by atoms with Crippen molar-refractivity contribution >= 4 is 27.3 Å². The number of hydrogen-bond donors (Lipinski definition) is 1. The molecule has 4 nitrogen and oxygen atoms in total. The Balaban J connectivity index is 3.20. The highest BCUT2D eigenvalue weighted by atomic mass is 35.5. The summed E-state index contributed by atoms with van der Waals surface area (Å²) in [6.07, 6.45) is 1.54. The Morgan fingerprint density at radius 1 is 1.53 bits per heavy atom. The molecule has 17 heavy (non-hydrogen) atoms. The van der Waals surface area contributed by atoms with Crippen LogP contribution in [-0.4, -0.2) is 25.8 Å². The molecule has 0 radical (unpaired) electrons. The number of nitrogens with two attached hydrogens (primary N) is 1. The Kier molecular flexibility index (Phi) is 4.56. The summed E-state index contributed by atoms with van der Waals surface area (Å²) in [7, 11) is -3.53. The molecule has 0 aliphatic heterocycles. The Bertz CT molecular complexity index is 514. The van der Waals surface area contributed by atoms with Gasteiger partial charge in [0.15, 0.2) is 0 Å². The fourth-order valence-electron chi connectivity index (χ4n) is 1.36. The van der Waals surface area contributed by atoms with Crippen molar-refractivity contribution in [1.82, 2.24) is 4.31 Å². The minimum Gasteiger partial charge on any atom is -0.398 e. The number of likely N-dealkylation sites (N-methyl/N-ethyl adjacent to an activating group) is 1. The highest BCUT2D eigenvalue weighted by Crippen LogP contribution is 2.24. The van der Waals surface area contributed by atoms with Gasteiger partial charge in [0.2, 0.25) is 10.0 Å². The zero-order valence-corrected chi connectivity index (χ0v) is 11.1. The molecule has 94 valence electrons. The molecule has 1 aromatic rings. The molecule has 1 aromatic carbocycles. The van der Waals surface area contributed by atoms with Gasteiger partial charge in [-0.05, 0) is 18.2 Å². The van der Waals surface area contributed by atoms with Gasteiger partial charge in [-0.3, -0.25) is 0 Å². The number of anilines is 1. The zero-order valence-electron chi connectivity index (χ0n) is 9.56. The van der Waals surface area contributed by atoms with Crippen LogP contribution >= 0.6 is 11.6 Å². The number of hydrogen-bond acceptors (Lipinski definition) is 3. The van der Waals surface area contributed by atoms with E-state index in [1.165, 1.54) is 22.5 Å². The van der Waals surface area contributed by atoms with E-state index >= 15 is 0 Å². The molecule has 0 spiro atoms. The van der Waals surface area contributed by atoms with Crippen LogP contribution in [0.2, 0.25) is 5.02 Å². The van der Waals surface area contributed by atoms with E-state index in [-0.39, 0.29) is 16.5 Å². The van der Waals surface area contributed by atoms with Crippen molar-refractivity contribution in [2.75, 3.05) is 18.8 Å². The monoisotopic (exact) mass is 274 g/mol. The van der Waals surface area contributed by atoms with Gasteiger partial charge in [-0.2, -0.15) is 4.31 Å². The van der Waals surface area contributed by atoms with E-state index in [0.717, 1.165) is 0 Å². The Labute approximate surface area is 107 Å². The summed E-state index contributed by atoms with van der Waals surface area (Å²) in [5.41, 5.74) is 5.90. The number of nitrogens with zero attached hydrogens (tertiary/aromatic N) is 1. The van der Waals surface area contributed by atoms with Gasteiger partial charge in [0.1, 0.15) is 0 Å². The van der Waals surface area contributed by atoms with Crippen LogP contribution in [0, 0.1) is 0 Å². The summed E-state index contributed by atoms with van der Waals surface area (Å²) >= 11 is 5.82. The van der Waals surface area contributed by atoms with Crippen LogP contribution in [0.3, 0.4) is 0 Å². The number of benzene rings is 1. The summed E-state index contributed by atoms with van der Waals surface area (Å²) in [5.74, 6) is 0. The van der Waals surface area contributed by atoms with Crippen molar-refractivity contribution in [2.45, 2.75) is 11.8 Å². The fraction of sp³-hybridized carbons (Fsp3) is 0.273. The number of halogens is 1. The number of rotatable bonds is 5. The molecule has 0 amide bonds. The van der Waals surface area contributed by atoms with Crippen molar-refractivity contribution in [2.24, 2.45) is 0 Å². The van der Waals surface area contributed by atoms with Gasteiger partial charge in [-0.15, -0.1) is 6.58 Å². The van der Waals surface area contributed by atoms with Crippen molar-refractivity contribution in [3.05, 3.63) is 35.9 Å². The van der Waals surface area contributed by atoms with Crippen LogP contribution in [0.4, 0.5) is 5.69 Å². The van der Waals surface area contributed by atoms with Gasteiger partial charge in [0.05, 0.1) is 15.6 Å². The third-order valence-electron chi connectivity index (χ3n) is 2.30. The van der Waals surface area contributed by atoms with Crippen LogP contribution < -0.4 is 5.73 Å². The van der Waals surface area contributed by atoms with E-state index < -0.39 is 10.0 Å². The number of nitrogen functional groups attached to an aromatic ring is 1. The largest absolute Gasteiger partial charge is 0.398 e. The molecule has 0 bridgehead atoms. The van der Waals surface area contributed by atoms with Gasteiger partial charge >= 0.3 is 0 Å². The third-order valence-corrected chi connectivity index (χ3v) is 4.56. The van der Waals surface area contributed by atoms with Crippen LogP contribution in [0.1, 0.15) is 6.92 Å². The summed E-state index contributed by atoms with van der Waals surface area (Å²) < 4.78 is 25.7. The molecule has 6 heteroatoms. The molecular formula is C11H15ClN2O2S. The first-order chi connectivity index (χ1) is 7.93. The van der Waals surface area contributed by atoms with Gasteiger partial charge in [-0.25, -0.2) is 8.42 Å². The summed E-state index contributed by atoms with van der Waals surface area (Å²) in [6, 6.07) is 4.29. The lowest BCUT2D eigenvalue weighted by Crippen LogP contribution is -2.31. The third kappa shape index (κ3) is 3.00. The van der Waals surface area contributed by atoms with E-state index in [1.54, 1.807) is 13.0 Å². The van der Waals surface area contributed by atoms with Crippen LogP contribution in [-0.2, 0) is 10.0 Å². The van der Waals surface area contributed by atoms with Crippen molar-refractivity contribution < 1.29 is 8.42 Å². The van der Waals surface area contributed by atoms with Crippen LogP contribution in [0.15, 0.2) is 35.7 Å². The molecule has 1 rings (SSSR count). The maximum Gasteiger partial charge on any atom is 0.243 e.